The molecule has 0 spiro atoms. The second-order valence-electron chi connectivity index (χ2n) is 5.70. The van der Waals surface area contributed by atoms with Gasteiger partial charge in [-0.15, -0.1) is 0 Å². The lowest BCUT2D eigenvalue weighted by Gasteiger charge is -2.05. The van der Waals surface area contributed by atoms with Gasteiger partial charge in [-0.2, -0.15) is 5.10 Å². The number of hydrogen-bond donors (Lipinski definition) is 1. The summed E-state index contributed by atoms with van der Waals surface area (Å²) in [5.74, 6) is 1.12. The van der Waals surface area contributed by atoms with Crippen LogP contribution < -0.4 is 5.32 Å². The van der Waals surface area contributed by atoms with Gasteiger partial charge in [0.05, 0.1) is 5.69 Å². The van der Waals surface area contributed by atoms with Crippen LogP contribution in [0.5, 0.6) is 0 Å². The average Bonchev–Trinajstić information content (AvgIpc) is 3.06. The second kappa shape index (κ2) is 5.81. The first-order valence-electron chi connectivity index (χ1n) is 7.52. The molecule has 1 N–H and O–H groups in total. The van der Waals surface area contributed by atoms with E-state index in [-0.39, 0.29) is 0 Å². The molecule has 4 nitrogen and oxygen atoms in total. The molecule has 2 aromatic heterocycles. The Morgan fingerprint density at radius 3 is 2.64 bits per heavy atom. The minimum Gasteiger partial charge on any atom is -0.316 e. The summed E-state index contributed by atoms with van der Waals surface area (Å²) in [7, 11) is 3.96. The maximum Gasteiger partial charge on any atom is 0.137 e. The van der Waals surface area contributed by atoms with E-state index in [1.54, 1.807) is 0 Å². The van der Waals surface area contributed by atoms with Crippen molar-refractivity contribution in [2.45, 2.75) is 20.4 Å². The molecular weight excluding hydrogens is 272 g/mol. The SMILES string of the molecule is CNCc1cccc(-c2ccn(-c3c(C)c(C)nn3C)c2)c1. The normalized spacial score (nSPS) is 11.1. The Morgan fingerprint density at radius 1 is 1.14 bits per heavy atom. The molecule has 0 unspecified atom stereocenters. The summed E-state index contributed by atoms with van der Waals surface area (Å²) < 4.78 is 4.08. The van der Waals surface area contributed by atoms with Crippen LogP contribution in [0, 0.1) is 13.8 Å². The summed E-state index contributed by atoms with van der Waals surface area (Å²) in [5, 5.41) is 7.69. The summed E-state index contributed by atoms with van der Waals surface area (Å²) in [6.45, 7) is 5.05. The topological polar surface area (TPSA) is 34.8 Å². The van der Waals surface area contributed by atoms with E-state index in [4.69, 9.17) is 0 Å². The van der Waals surface area contributed by atoms with Crippen LogP contribution in [-0.4, -0.2) is 21.4 Å². The molecule has 2 heterocycles. The van der Waals surface area contributed by atoms with Crippen LogP contribution in [0.1, 0.15) is 16.8 Å². The maximum absolute atomic E-state index is 4.50. The van der Waals surface area contributed by atoms with E-state index in [9.17, 15) is 0 Å². The van der Waals surface area contributed by atoms with Gasteiger partial charge in [-0.25, -0.2) is 0 Å². The van der Waals surface area contributed by atoms with Crippen LogP contribution in [0.4, 0.5) is 0 Å². The molecule has 3 rings (SSSR count). The van der Waals surface area contributed by atoms with Gasteiger partial charge in [-0.1, -0.05) is 18.2 Å². The fourth-order valence-corrected chi connectivity index (χ4v) is 2.88. The van der Waals surface area contributed by atoms with Crippen molar-refractivity contribution < 1.29 is 0 Å². The minimum atomic E-state index is 0.884. The zero-order valence-corrected chi connectivity index (χ0v) is 13.6. The molecule has 22 heavy (non-hydrogen) atoms. The van der Waals surface area contributed by atoms with Crippen LogP contribution >= 0.6 is 0 Å². The van der Waals surface area contributed by atoms with Gasteiger partial charge in [0, 0.05) is 31.5 Å². The van der Waals surface area contributed by atoms with Gasteiger partial charge in [0.1, 0.15) is 5.82 Å². The number of hydrogen-bond acceptors (Lipinski definition) is 2. The number of nitrogens with one attached hydrogen (secondary N) is 1. The van der Waals surface area contributed by atoms with Crippen LogP contribution in [-0.2, 0) is 13.6 Å². The largest absolute Gasteiger partial charge is 0.316 e. The molecule has 0 aliphatic rings. The van der Waals surface area contributed by atoms with Gasteiger partial charge >= 0.3 is 0 Å². The van der Waals surface area contributed by atoms with E-state index in [1.807, 2.05) is 25.7 Å². The number of nitrogens with zero attached hydrogens (tertiary/aromatic N) is 3. The molecule has 0 aliphatic carbocycles. The third kappa shape index (κ3) is 2.57. The zero-order valence-electron chi connectivity index (χ0n) is 13.6. The fourth-order valence-electron chi connectivity index (χ4n) is 2.88. The Labute approximate surface area is 131 Å². The third-order valence-corrected chi connectivity index (χ3v) is 4.06. The summed E-state index contributed by atoms with van der Waals surface area (Å²) in [4.78, 5) is 0. The predicted molar refractivity (Wildman–Crippen MR) is 90.2 cm³/mol. The first kappa shape index (κ1) is 14.6. The van der Waals surface area contributed by atoms with Gasteiger partial charge in [0.2, 0.25) is 0 Å². The molecule has 0 fully saturated rings. The van der Waals surface area contributed by atoms with Gasteiger partial charge in [0.15, 0.2) is 0 Å². The van der Waals surface area contributed by atoms with E-state index in [0.717, 1.165) is 18.1 Å². The Bertz CT molecular complexity index is 795. The molecule has 0 saturated heterocycles. The molecule has 0 amide bonds. The molecule has 4 heteroatoms. The Balaban J connectivity index is 1.99. The van der Waals surface area contributed by atoms with Crippen LogP contribution in [0.25, 0.3) is 16.9 Å². The highest BCUT2D eigenvalue weighted by molar-refractivity contribution is 5.64. The quantitative estimate of drug-likeness (QED) is 0.802. The summed E-state index contributed by atoms with van der Waals surface area (Å²) in [5.41, 5.74) is 6.04. The van der Waals surface area contributed by atoms with E-state index in [2.05, 4.69) is 64.6 Å². The van der Waals surface area contributed by atoms with Gasteiger partial charge in [-0.3, -0.25) is 4.68 Å². The fraction of sp³-hybridized carbons (Fsp3) is 0.278. The minimum absolute atomic E-state index is 0.884. The predicted octanol–water partition coefficient (Wildman–Crippen LogP) is 3.21. The van der Waals surface area contributed by atoms with Gasteiger partial charge in [0.25, 0.3) is 0 Å². The molecule has 3 aromatic rings. The highest BCUT2D eigenvalue weighted by Gasteiger charge is 2.11. The standard InChI is InChI=1S/C18H22N4/c1-13-14(2)20-21(4)18(13)22-9-8-17(12-22)16-7-5-6-15(10-16)11-19-3/h5-10,12,19H,11H2,1-4H3. The molecule has 0 atom stereocenters. The van der Waals surface area contributed by atoms with Crippen molar-refractivity contribution in [3.05, 3.63) is 59.5 Å². The summed E-state index contributed by atoms with van der Waals surface area (Å²) in [6.07, 6.45) is 4.27. The summed E-state index contributed by atoms with van der Waals surface area (Å²) >= 11 is 0. The van der Waals surface area contributed by atoms with Crippen molar-refractivity contribution in [3.8, 4) is 16.9 Å². The van der Waals surface area contributed by atoms with Crippen molar-refractivity contribution in [1.82, 2.24) is 19.7 Å². The Morgan fingerprint density at radius 2 is 1.95 bits per heavy atom. The van der Waals surface area contributed by atoms with Crippen molar-refractivity contribution >= 4 is 0 Å². The Kier molecular flexibility index (Phi) is 3.86. The smallest absolute Gasteiger partial charge is 0.137 e. The molecule has 0 saturated carbocycles. The van der Waals surface area contributed by atoms with E-state index in [1.165, 1.54) is 22.3 Å². The lowest BCUT2D eigenvalue weighted by Crippen LogP contribution is -2.04. The number of aryl methyl sites for hydroxylation is 2. The molecule has 114 valence electrons. The molecule has 0 radical (unpaired) electrons. The number of aromatic nitrogens is 3. The van der Waals surface area contributed by atoms with Gasteiger partial charge < -0.3 is 9.88 Å². The highest BCUT2D eigenvalue weighted by Crippen LogP contribution is 2.24. The van der Waals surface area contributed by atoms with E-state index in [0.29, 0.717) is 0 Å². The third-order valence-electron chi connectivity index (χ3n) is 4.06. The van der Waals surface area contributed by atoms with Crippen molar-refractivity contribution in [2.75, 3.05) is 7.05 Å². The summed E-state index contributed by atoms with van der Waals surface area (Å²) in [6, 6.07) is 10.8. The molecule has 1 aromatic carbocycles. The molecule has 0 bridgehead atoms. The molecule has 0 aliphatic heterocycles. The Hall–Kier alpha value is -2.33. The highest BCUT2D eigenvalue weighted by atomic mass is 15.3. The van der Waals surface area contributed by atoms with Crippen LogP contribution in [0.2, 0.25) is 0 Å². The number of rotatable bonds is 4. The first-order valence-corrected chi connectivity index (χ1v) is 7.52. The maximum atomic E-state index is 4.50. The molecular formula is C18H22N4. The average molecular weight is 294 g/mol. The second-order valence-corrected chi connectivity index (χ2v) is 5.70. The van der Waals surface area contributed by atoms with E-state index >= 15 is 0 Å². The van der Waals surface area contributed by atoms with E-state index < -0.39 is 0 Å². The van der Waals surface area contributed by atoms with Crippen molar-refractivity contribution in [2.24, 2.45) is 7.05 Å². The van der Waals surface area contributed by atoms with Crippen molar-refractivity contribution in [3.63, 3.8) is 0 Å². The number of benzene rings is 1. The van der Waals surface area contributed by atoms with Crippen LogP contribution in [0.15, 0.2) is 42.7 Å². The monoisotopic (exact) mass is 294 g/mol. The lowest BCUT2D eigenvalue weighted by molar-refractivity contribution is 0.723. The first-order chi connectivity index (χ1) is 10.6. The van der Waals surface area contributed by atoms with Crippen LogP contribution in [0.3, 0.4) is 0 Å². The lowest BCUT2D eigenvalue weighted by atomic mass is 10.1. The van der Waals surface area contributed by atoms with Crippen molar-refractivity contribution in [1.29, 1.82) is 0 Å². The van der Waals surface area contributed by atoms with Gasteiger partial charge in [-0.05, 0) is 49.7 Å². The zero-order chi connectivity index (χ0) is 15.7.